The number of hydrogen-bond donors (Lipinski definition) is 1. The van der Waals surface area contributed by atoms with Crippen molar-refractivity contribution in [3.63, 3.8) is 0 Å². The van der Waals surface area contributed by atoms with Crippen LogP contribution in [0.3, 0.4) is 0 Å². The van der Waals surface area contributed by atoms with Gasteiger partial charge in [0.1, 0.15) is 11.4 Å². The monoisotopic (exact) mass is 362 g/mol. The van der Waals surface area contributed by atoms with Crippen molar-refractivity contribution in [1.29, 1.82) is 0 Å². The molecule has 2 atom stereocenters. The second-order valence-corrected chi connectivity index (χ2v) is 6.98. The lowest BCUT2D eigenvalue weighted by Gasteiger charge is -2.37. The number of nitrogens with zero attached hydrogens (tertiary/aromatic N) is 3. The molecule has 1 aliphatic heterocycles. The zero-order valence-corrected chi connectivity index (χ0v) is 13.7. The van der Waals surface area contributed by atoms with Crippen LogP contribution in [0.2, 0.25) is 0 Å². The summed E-state index contributed by atoms with van der Waals surface area (Å²) in [6.07, 6.45) is -2.56. The Bertz CT molecular complexity index is 605. The molecule has 6 nitrogen and oxygen atoms in total. The van der Waals surface area contributed by atoms with Crippen LogP contribution < -0.4 is 5.32 Å². The van der Waals surface area contributed by atoms with Gasteiger partial charge in [0.25, 0.3) is 0 Å². The van der Waals surface area contributed by atoms with Crippen LogP contribution in [0.25, 0.3) is 0 Å². The number of aromatic nitrogens is 2. The van der Waals surface area contributed by atoms with Crippen LogP contribution in [0.15, 0.2) is 17.3 Å². The molecule has 11 heteroatoms. The van der Waals surface area contributed by atoms with Crippen molar-refractivity contribution in [3.8, 4) is 0 Å². The summed E-state index contributed by atoms with van der Waals surface area (Å²) in [5.74, 6) is 0. The van der Waals surface area contributed by atoms with Crippen molar-refractivity contribution in [2.24, 2.45) is 0 Å². The maximum atomic E-state index is 12.5. The van der Waals surface area contributed by atoms with Gasteiger partial charge in [-0.1, -0.05) is 0 Å². The summed E-state index contributed by atoms with van der Waals surface area (Å²) in [6, 6.07) is -0.312. The van der Waals surface area contributed by atoms with Crippen molar-refractivity contribution >= 4 is 22.4 Å². The van der Waals surface area contributed by atoms with E-state index in [9.17, 15) is 21.6 Å². The molecule has 1 aromatic heterocycles. The molecular weight excluding hydrogens is 345 g/mol. The van der Waals surface area contributed by atoms with Gasteiger partial charge in [-0.15, -0.1) is 12.4 Å². The molecule has 1 saturated heterocycles. The van der Waals surface area contributed by atoms with E-state index in [1.54, 1.807) is 6.92 Å². The van der Waals surface area contributed by atoms with E-state index in [2.05, 4.69) is 10.4 Å². The lowest BCUT2D eigenvalue weighted by atomic mass is 10.1. The first-order valence-corrected chi connectivity index (χ1v) is 7.90. The maximum Gasteiger partial charge on any atom is 0.408 e. The van der Waals surface area contributed by atoms with Crippen molar-refractivity contribution in [2.45, 2.75) is 43.5 Å². The fraction of sp³-hybridized carbons (Fsp3) is 0.727. The number of nitrogens with one attached hydrogen (secondary N) is 1. The minimum absolute atomic E-state index is 0. The van der Waals surface area contributed by atoms with Crippen LogP contribution in [-0.4, -0.2) is 53.9 Å². The molecule has 0 radical (unpaired) electrons. The average molecular weight is 363 g/mol. The summed E-state index contributed by atoms with van der Waals surface area (Å²) < 4.78 is 63.7. The molecule has 0 amide bonds. The first kappa shape index (κ1) is 19.2. The molecule has 2 unspecified atom stereocenters. The molecule has 1 fully saturated rings. The number of piperazine rings is 1. The summed E-state index contributed by atoms with van der Waals surface area (Å²) in [7, 11) is -3.84. The van der Waals surface area contributed by atoms with E-state index < -0.39 is 22.7 Å². The Morgan fingerprint density at radius 2 is 2.05 bits per heavy atom. The van der Waals surface area contributed by atoms with E-state index in [0.29, 0.717) is 11.2 Å². The average Bonchev–Trinajstić information content (AvgIpc) is 2.79. The molecule has 128 valence electrons. The van der Waals surface area contributed by atoms with Crippen LogP contribution in [0.4, 0.5) is 13.2 Å². The molecule has 1 N–H and O–H groups in total. The summed E-state index contributed by atoms with van der Waals surface area (Å²) >= 11 is 0. The molecule has 0 aromatic carbocycles. The van der Waals surface area contributed by atoms with Crippen LogP contribution in [0.5, 0.6) is 0 Å². The summed E-state index contributed by atoms with van der Waals surface area (Å²) in [5.41, 5.74) is 0. The molecule has 0 saturated carbocycles. The first-order chi connectivity index (χ1) is 9.61. The van der Waals surface area contributed by atoms with Crippen LogP contribution in [-0.2, 0) is 16.6 Å². The van der Waals surface area contributed by atoms with Gasteiger partial charge in [0.2, 0.25) is 10.0 Å². The van der Waals surface area contributed by atoms with Gasteiger partial charge in [-0.05, 0) is 13.8 Å². The van der Waals surface area contributed by atoms with E-state index in [4.69, 9.17) is 0 Å². The normalized spacial score (nSPS) is 24.0. The molecule has 22 heavy (non-hydrogen) atoms. The van der Waals surface area contributed by atoms with Gasteiger partial charge < -0.3 is 5.32 Å². The first-order valence-electron chi connectivity index (χ1n) is 6.46. The fourth-order valence-electron chi connectivity index (χ4n) is 2.25. The lowest BCUT2D eigenvalue weighted by molar-refractivity contribution is -0.142. The Hall–Kier alpha value is -0.840. The van der Waals surface area contributed by atoms with Gasteiger partial charge in [-0.3, -0.25) is 4.68 Å². The molecule has 1 aliphatic rings. The van der Waals surface area contributed by atoms with E-state index >= 15 is 0 Å². The highest BCUT2D eigenvalue weighted by Crippen LogP contribution is 2.22. The highest BCUT2D eigenvalue weighted by atomic mass is 35.5. The second-order valence-electron chi connectivity index (χ2n) is 5.09. The Labute approximate surface area is 133 Å². The van der Waals surface area contributed by atoms with Crippen LogP contribution in [0.1, 0.15) is 13.8 Å². The molecule has 0 spiro atoms. The zero-order valence-electron chi connectivity index (χ0n) is 12.0. The van der Waals surface area contributed by atoms with Crippen molar-refractivity contribution in [2.75, 3.05) is 13.1 Å². The minimum Gasteiger partial charge on any atom is -0.311 e. The standard InChI is InChI=1S/C11H17F3N4O2S.ClH/c1-8-9(2)18(4-3-15-8)21(19,20)10-5-16-17(6-10)7-11(12,13)14;/h5-6,8-9,15H,3-4,7H2,1-2H3;1H. The van der Waals surface area contributed by atoms with Gasteiger partial charge in [0, 0.05) is 31.4 Å². The highest BCUT2D eigenvalue weighted by Gasteiger charge is 2.36. The van der Waals surface area contributed by atoms with Gasteiger partial charge in [-0.2, -0.15) is 22.6 Å². The quantitative estimate of drug-likeness (QED) is 0.878. The predicted octanol–water partition coefficient (Wildman–Crippen LogP) is 1.24. The molecular formula is C11H18ClF3N4O2S. The molecule has 2 rings (SSSR count). The van der Waals surface area contributed by atoms with E-state index in [-0.39, 0.29) is 35.9 Å². The topological polar surface area (TPSA) is 67.2 Å². The molecule has 1 aromatic rings. The van der Waals surface area contributed by atoms with Crippen molar-refractivity contribution in [1.82, 2.24) is 19.4 Å². The zero-order chi connectivity index (χ0) is 15.8. The second kappa shape index (κ2) is 6.73. The summed E-state index contributed by atoms with van der Waals surface area (Å²) in [5, 5.41) is 6.63. The number of hydrogen-bond acceptors (Lipinski definition) is 4. The van der Waals surface area contributed by atoms with Crippen molar-refractivity contribution < 1.29 is 21.6 Å². The number of alkyl halides is 3. The Morgan fingerprint density at radius 3 is 2.64 bits per heavy atom. The third kappa shape index (κ3) is 4.12. The lowest BCUT2D eigenvalue weighted by Crippen LogP contribution is -2.56. The molecule has 0 aliphatic carbocycles. The molecule has 2 heterocycles. The largest absolute Gasteiger partial charge is 0.408 e. The third-order valence-electron chi connectivity index (χ3n) is 3.53. The SMILES string of the molecule is CC1NCCN(S(=O)(=O)c2cnn(CC(F)(F)F)c2)C1C.Cl. The predicted molar refractivity (Wildman–Crippen MR) is 76.3 cm³/mol. The van der Waals surface area contributed by atoms with E-state index in [1.807, 2.05) is 6.92 Å². The fourth-order valence-corrected chi connectivity index (χ4v) is 3.91. The number of rotatable bonds is 3. The van der Waals surface area contributed by atoms with E-state index in [1.165, 1.54) is 4.31 Å². The van der Waals surface area contributed by atoms with E-state index in [0.717, 1.165) is 12.4 Å². The van der Waals surface area contributed by atoms with Gasteiger partial charge in [0.05, 0.1) is 6.20 Å². The Morgan fingerprint density at radius 1 is 1.41 bits per heavy atom. The molecule has 0 bridgehead atoms. The van der Waals surface area contributed by atoms with Crippen molar-refractivity contribution in [3.05, 3.63) is 12.4 Å². The van der Waals surface area contributed by atoms with Gasteiger partial charge in [0.15, 0.2) is 0 Å². The smallest absolute Gasteiger partial charge is 0.311 e. The Kier molecular flexibility index (Phi) is 5.88. The maximum absolute atomic E-state index is 12.5. The summed E-state index contributed by atoms with van der Waals surface area (Å²) in [4.78, 5) is -0.215. The number of halogens is 4. The summed E-state index contributed by atoms with van der Waals surface area (Å²) in [6.45, 7) is 3.09. The van der Waals surface area contributed by atoms with Crippen LogP contribution >= 0.6 is 12.4 Å². The third-order valence-corrected chi connectivity index (χ3v) is 5.47. The highest BCUT2D eigenvalue weighted by molar-refractivity contribution is 7.89. The minimum atomic E-state index is -4.44. The number of sulfonamides is 1. The van der Waals surface area contributed by atoms with Crippen LogP contribution in [0, 0.1) is 0 Å². The Balaban J connectivity index is 0.00000242. The van der Waals surface area contributed by atoms with Gasteiger partial charge >= 0.3 is 6.18 Å². The van der Waals surface area contributed by atoms with Gasteiger partial charge in [-0.25, -0.2) is 8.42 Å².